The van der Waals surface area contributed by atoms with Crippen molar-refractivity contribution in [1.29, 1.82) is 0 Å². The highest BCUT2D eigenvalue weighted by atomic mass is 32.2. The van der Waals surface area contributed by atoms with E-state index in [-0.39, 0.29) is 11.4 Å². The Morgan fingerprint density at radius 2 is 1.95 bits per heavy atom. The van der Waals surface area contributed by atoms with Crippen molar-refractivity contribution < 1.29 is 12.8 Å². The first-order chi connectivity index (χ1) is 10.5. The van der Waals surface area contributed by atoms with E-state index in [0.29, 0.717) is 17.0 Å². The molecule has 6 nitrogen and oxygen atoms in total. The lowest BCUT2D eigenvalue weighted by Gasteiger charge is -2.06. The molecule has 0 atom stereocenters. The third kappa shape index (κ3) is 2.70. The summed E-state index contributed by atoms with van der Waals surface area (Å²) in [5.41, 5.74) is 1.37. The molecule has 3 rings (SSSR count). The molecule has 8 heteroatoms. The monoisotopic (exact) mass is 320 g/mol. The van der Waals surface area contributed by atoms with Crippen LogP contribution in [0.15, 0.2) is 47.5 Å². The largest absolute Gasteiger partial charge is 0.315 e. The standard InChI is InChI=1S/C14H13FN4O2S/c1-19-13(18-12-3-2-8-16-14(12)19)9-17-22(20,21)11-6-4-10(15)5-7-11/h2-8,17H,9H2,1H3. The summed E-state index contributed by atoms with van der Waals surface area (Å²) >= 11 is 0. The first-order valence-electron chi connectivity index (χ1n) is 6.49. The predicted molar refractivity (Wildman–Crippen MR) is 78.9 cm³/mol. The Labute approximate surface area is 126 Å². The van der Waals surface area contributed by atoms with E-state index < -0.39 is 15.8 Å². The summed E-state index contributed by atoms with van der Waals surface area (Å²) in [6.45, 7) is 0.0204. The maximum atomic E-state index is 12.9. The molecule has 0 unspecified atom stereocenters. The van der Waals surface area contributed by atoms with Crippen LogP contribution in [0.5, 0.6) is 0 Å². The molecule has 0 saturated heterocycles. The number of hydrogen-bond acceptors (Lipinski definition) is 4. The summed E-state index contributed by atoms with van der Waals surface area (Å²) < 4.78 is 41.4. The fraction of sp³-hybridized carbons (Fsp3) is 0.143. The molecule has 1 aromatic carbocycles. The van der Waals surface area contributed by atoms with Gasteiger partial charge in [-0.1, -0.05) is 0 Å². The van der Waals surface area contributed by atoms with Gasteiger partial charge in [0.2, 0.25) is 10.0 Å². The van der Waals surface area contributed by atoms with Crippen molar-refractivity contribution in [3.05, 3.63) is 54.2 Å². The van der Waals surface area contributed by atoms with Crippen LogP contribution < -0.4 is 4.72 Å². The van der Waals surface area contributed by atoms with Gasteiger partial charge in [0.15, 0.2) is 5.65 Å². The number of hydrogen-bond donors (Lipinski definition) is 1. The maximum absolute atomic E-state index is 12.9. The molecule has 0 fully saturated rings. The van der Waals surface area contributed by atoms with E-state index in [9.17, 15) is 12.8 Å². The summed E-state index contributed by atoms with van der Waals surface area (Å²) in [5, 5.41) is 0. The molecule has 2 aromatic heterocycles. The number of aromatic nitrogens is 3. The Balaban J connectivity index is 1.84. The third-order valence-electron chi connectivity index (χ3n) is 3.26. The molecule has 1 N–H and O–H groups in total. The van der Waals surface area contributed by atoms with Gasteiger partial charge in [-0.3, -0.25) is 0 Å². The Kier molecular flexibility index (Phi) is 3.63. The van der Waals surface area contributed by atoms with Crippen molar-refractivity contribution in [1.82, 2.24) is 19.3 Å². The van der Waals surface area contributed by atoms with Gasteiger partial charge in [-0.05, 0) is 36.4 Å². The Morgan fingerprint density at radius 1 is 1.23 bits per heavy atom. The molecule has 0 saturated carbocycles. The van der Waals surface area contributed by atoms with Gasteiger partial charge in [0.1, 0.15) is 17.2 Å². The number of benzene rings is 1. The molecule has 2 heterocycles. The van der Waals surface area contributed by atoms with Crippen LogP contribution in [0.25, 0.3) is 11.2 Å². The van der Waals surface area contributed by atoms with E-state index in [1.807, 2.05) is 0 Å². The minimum Gasteiger partial charge on any atom is -0.315 e. The number of halogens is 1. The van der Waals surface area contributed by atoms with E-state index in [1.165, 1.54) is 12.1 Å². The lowest BCUT2D eigenvalue weighted by atomic mass is 10.4. The second-order valence-electron chi connectivity index (χ2n) is 4.71. The zero-order valence-electron chi connectivity index (χ0n) is 11.7. The van der Waals surface area contributed by atoms with Crippen LogP contribution in [-0.2, 0) is 23.6 Å². The van der Waals surface area contributed by atoms with Crippen molar-refractivity contribution >= 4 is 21.2 Å². The van der Waals surface area contributed by atoms with Crippen LogP contribution in [0.4, 0.5) is 4.39 Å². The molecule has 114 valence electrons. The summed E-state index contributed by atoms with van der Waals surface area (Å²) in [6, 6.07) is 8.21. The van der Waals surface area contributed by atoms with E-state index in [2.05, 4.69) is 14.7 Å². The molecule has 0 spiro atoms. The summed E-state index contributed by atoms with van der Waals surface area (Å²) in [5.74, 6) is 0.0553. The van der Waals surface area contributed by atoms with Gasteiger partial charge in [0, 0.05) is 13.2 Å². The number of rotatable bonds is 4. The van der Waals surface area contributed by atoms with Crippen LogP contribution >= 0.6 is 0 Å². The average Bonchev–Trinajstić information content (AvgIpc) is 2.83. The Bertz CT molecular complexity index is 920. The van der Waals surface area contributed by atoms with Gasteiger partial charge < -0.3 is 4.57 Å². The first-order valence-corrected chi connectivity index (χ1v) is 7.97. The van der Waals surface area contributed by atoms with E-state index in [1.54, 1.807) is 29.9 Å². The summed E-state index contributed by atoms with van der Waals surface area (Å²) in [4.78, 5) is 8.54. The van der Waals surface area contributed by atoms with Crippen molar-refractivity contribution in [2.24, 2.45) is 7.05 Å². The van der Waals surface area contributed by atoms with Gasteiger partial charge in [0.05, 0.1) is 11.4 Å². The molecule has 0 bridgehead atoms. The molecule has 0 aliphatic heterocycles. The molecule has 0 aliphatic rings. The number of sulfonamides is 1. The predicted octanol–water partition coefficient (Wildman–Crippen LogP) is 1.59. The fourth-order valence-electron chi connectivity index (χ4n) is 2.09. The number of nitrogens with one attached hydrogen (secondary N) is 1. The van der Waals surface area contributed by atoms with Gasteiger partial charge in [0.25, 0.3) is 0 Å². The van der Waals surface area contributed by atoms with E-state index in [4.69, 9.17) is 0 Å². The van der Waals surface area contributed by atoms with Crippen molar-refractivity contribution in [3.63, 3.8) is 0 Å². The topological polar surface area (TPSA) is 76.9 Å². The van der Waals surface area contributed by atoms with Crippen molar-refractivity contribution in [2.75, 3.05) is 0 Å². The van der Waals surface area contributed by atoms with Gasteiger partial charge in [-0.2, -0.15) is 0 Å². The van der Waals surface area contributed by atoms with Crippen LogP contribution in [-0.4, -0.2) is 23.0 Å². The summed E-state index contributed by atoms with van der Waals surface area (Å²) in [6.07, 6.45) is 1.65. The number of fused-ring (bicyclic) bond motifs is 1. The highest BCUT2D eigenvalue weighted by Crippen LogP contribution is 2.13. The smallest absolute Gasteiger partial charge is 0.240 e. The zero-order chi connectivity index (χ0) is 15.7. The highest BCUT2D eigenvalue weighted by Gasteiger charge is 2.16. The Hall–Kier alpha value is -2.32. The zero-order valence-corrected chi connectivity index (χ0v) is 12.5. The summed E-state index contributed by atoms with van der Waals surface area (Å²) in [7, 11) is -1.95. The lowest BCUT2D eigenvalue weighted by molar-refractivity contribution is 0.577. The number of pyridine rings is 1. The molecule has 0 amide bonds. The van der Waals surface area contributed by atoms with E-state index >= 15 is 0 Å². The second-order valence-corrected chi connectivity index (χ2v) is 6.48. The van der Waals surface area contributed by atoms with Crippen molar-refractivity contribution in [3.8, 4) is 0 Å². The van der Waals surface area contributed by atoms with Gasteiger partial charge in [-0.15, -0.1) is 0 Å². The maximum Gasteiger partial charge on any atom is 0.240 e. The molecular weight excluding hydrogens is 307 g/mol. The molecule has 22 heavy (non-hydrogen) atoms. The van der Waals surface area contributed by atoms with Crippen LogP contribution in [0.3, 0.4) is 0 Å². The SMILES string of the molecule is Cn1c(CNS(=O)(=O)c2ccc(F)cc2)nc2cccnc21. The molecule has 0 radical (unpaired) electrons. The van der Waals surface area contributed by atoms with Gasteiger partial charge >= 0.3 is 0 Å². The second kappa shape index (κ2) is 5.47. The van der Waals surface area contributed by atoms with Crippen LogP contribution in [0.2, 0.25) is 0 Å². The average molecular weight is 320 g/mol. The van der Waals surface area contributed by atoms with Crippen LogP contribution in [0, 0.1) is 5.82 Å². The quantitative estimate of drug-likeness (QED) is 0.792. The Morgan fingerprint density at radius 3 is 2.64 bits per heavy atom. The van der Waals surface area contributed by atoms with Crippen LogP contribution in [0.1, 0.15) is 5.82 Å². The minimum absolute atomic E-state index is 0.00536. The number of imidazole rings is 1. The molecular formula is C14H13FN4O2S. The number of nitrogens with zero attached hydrogens (tertiary/aromatic N) is 3. The minimum atomic E-state index is -3.72. The van der Waals surface area contributed by atoms with Gasteiger partial charge in [-0.25, -0.2) is 27.5 Å². The molecule has 0 aliphatic carbocycles. The first kappa shape index (κ1) is 14.6. The fourth-order valence-corrected chi connectivity index (χ4v) is 3.07. The molecule has 3 aromatic rings. The van der Waals surface area contributed by atoms with Crippen molar-refractivity contribution in [2.45, 2.75) is 11.4 Å². The third-order valence-corrected chi connectivity index (χ3v) is 4.68. The van der Waals surface area contributed by atoms with E-state index in [0.717, 1.165) is 12.1 Å². The lowest BCUT2D eigenvalue weighted by Crippen LogP contribution is -2.24. The number of aryl methyl sites for hydroxylation is 1. The normalized spacial score (nSPS) is 11.9. The highest BCUT2D eigenvalue weighted by molar-refractivity contribution is 7.89.